The average molecular weight is 435 g/mol. The van der Waals surface area contributed by atoms with Crippen LogP contribution in [0.1, 0.15) is 13.3 Å². The van der Waals surface area contributed by atoms with Gasteiger partial charge in [-0.2, -0.15) is 0 Å². The minimum Gasteiger partial charge on any atom is -0.375 e. The predicted octanol–water partition coefficient (Wildman–Crippen LogP) is 2.39. The standard InChI is InChI=1S/C20H26N4O5S/c1-16(20(25)21-13-8-14-22(2)17-9-5-4-6-10-17)23(30(3,28)29)18-11-7-12-19(15-18)24(26)27/h4-7,9-12,15-16H,8,13-14H2,1-3H3,(H,21,25)/t16-/m0/s1. The molecule has 1 atom stereocenters. The number of carbonyl (C=O) groups is 1. The monoisotopic (exact) mass is 434 g/mol. The molecule has 0 unspecified atom stereocenters. The second kappa shape index (κ2) is 10.1. The van der Waals surface area contributed by atoms with E-state index in [1.165, 1.54) is 25.1 Å². The van der Waals surface area contributed by atoms with Crippen molar-refractivity contribution in [2.75, 3.05) is 35.6 Å². The molecule has 2 aromatic rings. The SMILES string of the molecule is C[C@@H](C(=O)NCCCN(C)c1ccccc1)N(c1cccc([N+](=O)[O-])c1)S(C)(=O)=O. The van der Waals surface area contributed by atoms with Crippen LogP contribution >= 0.6 is 0 Å². The van der Waals surface area contributed by atoms with E-state index >= 15 is 0 Å². The highest BCUT2D eigenvalue weighted by Crippen LogP contribution is 2.25. The first-order valence-corrected chi connectivity index (χ1v) is 11.2. The van der Waals surface area contributed by atoms with Gasteiger partial charge in [0.1, 0.15) is 6.04 Å². The number of hydrogen-bond acceptors (Lipinski definition) is 6. The maximum atomic E-state index is 12.6. The zero-order valence-electron chi connectivity index (χ0n) is 17.2. The number of nitrogens with one attached hydrogen (secondary N) is 1. The van der Waals surface area contributed by atoms with Crippen molar-refractivity contribution >= 4 is 33.0 Å². The zero-order chi connectivity index (χ0) is 22.3. The summed E-state index contributed by atoms with van der Waals surface area (Å²) in [6.45, 7) is 2.53. The van der Waals surface area contributed by atoms with E-state index in [0.717, 1.165) is 22.3 Å². The highest BCUT2D eigenvalue weighted by atomic mass is 32.2. The van der Waals surface area contributed by atoms with E-state index in [1.54, 1.807) is 0 Å². The molecule has 0 aliphatic rings. The Hall–Kier alpha value is -3.14. The topological polar surface area (TPSA) is 113 Å². The number of carbonyl (C=O) groups excluding carboxylic acids is 1. The number of amides is 1. The predicted molar refractivity (Wildman–Crippen MR) is 117 cm³/mol. The molecular weight excluding hydrogens is 408 g/mol. The molecule has 2 rings (SSSR count). The molecule has 0 aliphatic carbocycles. The summed E-state index contributed by atoms with van der Waals surface area (Å²) >= 11 is 0. The van der Waals surface area contributed by atoms with Crippen LogP contribution in [0.3, 0.4) is 0 Å². The van der Waals surface area contributed by atoms with Crippen LogP contribution < -0.4 is 14.5 Å². The molecule has 0 saturated carbocycles. The molecule has 1 N–H and O–H groups in total. The molecule has 0 aliphatic heterocycles. The third-order valence-electron chi connectivity index (χ3n) is 4.55. The van der Waals surface area contributed by atoms with Gasteiger partial charge < -0.3 is 10.2 Å². The minimum atomic E-state index is -3.84. The Morgan fingerprint density at radius 1 is 1.13 bits per heavy atom. The highest BCUT2D eigenvalue weighted by molar-refractivity contribution is 7.92. The van der Waals surface area contributed by atoms with E-state index in [0.29, 0.717) is 19.5 Å². The van der Waals surface area contributed by atoms with Crippen molar-refractivity contribution in [3.8, 4) is 0 Å². The largest absolute Gasteiger partial charge is 0.375 e. The van der Waals surface area contributed by atoms with E-state index in [1.807, 2.05) is 37.4 Å². The number of benzene rings is 2. The quantitative estimate of drug-likeness (QED) is 0.349. The first kappa shape index (κ1) is 23.1. The zero-order valence-corrected chi connectivity index (χ0v) is 18.0. The van der Waals surface area contributed by atoms with E-state index in [2.05, 4.69) is 10.2 Å². The number of nitrogens with zero attached hydrogens (tertiary/aromatic N) is 3. The number of non-ortho nitro benzene ring substituents is 1. The summed E-state index contributed by atoms with van der Waals surface area (Å²) in [5, 5.41) is 13.8. The van der Waals surface area contributed by atoms with E-state index in [-0.39, 0.29) is 11.4 Å². The smallest absolute Gasteiger partial charge is 0.271 e. The number of anilines is 2. The van der Waals surface area contributed by atoms with Crippen LogP contribution in [0.15, 0.2) is 54.6 Å². The van der Waals surface area contributed by atoms with Gasteiger partial charge >= 0.3 is 0 Å². The first-order chi connectivity index (χ1) is 14.1. The van der Waals surface area contributed by atoms with Gasteiger partial charge in [-0.05, 0) is 31.5 Å². The van der Waals surface area contributed by atoms with Crippen molar-refractivity contribution in [2.24, 2.45) is 0 Å². The number of rotatable bonds is 10. The van der Waals surface area contributed by atoms with Gasteiger partial charge in [-0.3, -0.25) is 19.2 Å². The summed E-state index contributed by atoms with van der Waals surface area (Å²) in [4.78, 5) is 25.0. The lowest BCUT2D eigenvalue weighted by Crippen LogP contribution is -2.48. The summed E-state index contributed by atoms with van der Waals surface area (Å²) in [5.74, 6) is -0.478. The van der Waals surface area contributed by atoms with Crippen molar-refractivity contribution in [1.82, 2.24) is 5.32 Å². The molecule has 1 amide bonds. The van der Waals surface area contributed by atoms with Gasteiger partial charge in [0.2, 0.25) is 15.9 Å². The average Bonchev–Trinajstić information content (AvgIpc) is 2.70. The molecule has 0 radical (unpaired) electrons. The Morgan fingerprint density at radius 2 is 1.77 bits per heavy atom. The van der Waals surface area contributed by atoms with Gasteiger partial charge in [-0.1, -0.05) is 24.3 Å². The van der Waals surface area contributed by atoms with Crippen LogP contribution in [0.4, 0.5) is 17.1 Å². The second-order valence-electron chi connectivity index (χ2n) is 6.91. The van der Waals surface area contributed by atoms with Crippen molar-refractivity contribution in [1.29, 1.82) is 0 Å². The van der Waals surface area contributed by atoms with E-state index < -0.39 is 26.9 Å². The normalized spacial score (nSPS) is 12.1. The lowest BCUT2D eigenvalue weighted by molar-refractivity contribution is -0.384. The molecule has 9 nitrogen and oxygen atoms in total. The lowest BCUT2D eigenvalue weighted by Gasteiger charge is -2.28. The molecule has 0 spiro atoms. The molecule has 0 fully saturated rings. The number of hydrogen-bond donors (Lipinski definition) is 1. The Morgan fingerprint density at radius 3 is 2.37 bits per heavy atom. The molecule has 2 aromatic carbocycles. The van der Waals surface area contributed by atoms with Crippen molar-refractivity contribution < 1.29 is 18.1 Å². The van der Waals surface area contributed by atoms with Crippen LogP contribution in [0.2, 0.25) is 0 Å². The summed E-state index contributed by atoms with van der Waals surface area (Å²) in [5.41, 5.74) is 0.877. The number of nitro benzene ring substituents is 1. The van der Waals surface area contributed by atoms with Gasteiger partial charge in [-0.25, -0.2) is 8.42 Å². The lowest BCUT2D eigenvalue weighted by atomic mass is 10.2. The van der Waals surface area contributed by atoms with Gasteiger partial charge in [0, 0.05) is 38.0 Å². The van der Waals surface area contributed by atoms with Gasteiger partial charge in [0.05, 0.1) is 16.9 Å². The fourth-order valence-corrected chi connectivity index (χ4v) is 4.21. The highest BCUT2D eigenvalue weighted by Gasteiger charge is 2.29. The molecule has 0 bridgehead atoms. The van der Waals surface area contributed by atoms with Crippen LogP contribution in [-0.4, -0.2) is 51.7 Å². The number of sulfonamides is 1. The van der Waals surface area contributed by atoms with Gasteiger partial charge in [-0.15, -0.1) is 0 Å². The van der Waals surface area contributed by atoms with Crippen LogP contribution in [0, 0.1) is 10.1 Å². The maximum Gasteiger partial charge on any atom is 0.271 e. The minimum absolute atomic E-state index is 0.0677. The molecule has 0 heterocycles. The summed E-state index contributed by atoms with van der Waals surface area (Å²) in [6, 6.07) is 14.0. The molecule has 30 heavy (non-hydrogen) atoms. The molecule has 0 aromatic heterocycles. The second-order valence-corrected chi connectivity index (χ2v) is 8.77. The Kier molecular flexibility index (Phi) is 7.76. The van der Waals surface area contributed by atoms with Gasteiger partial charge in [0.15, 0.2) is 0 Å². The Balaban J connectivity index is 2.01. The molecule has 162 valence electrons. The van der Waals surface area contributed by atoms with Crippen LogP contribution in [-0.2, 0) is 14.8 Å². The van der Waals surface area contributed by atoms with E-state index in [9.17, 15) is 23.3 Å². The maximum absolute atomic E-state index is 12.6. The summed E-state index contributed by atoms with van der Waals surface area (Å²) in [6.07, 6.45) is 1.63. The van der Waals surface area contributed by atoms with Crippen LogP contribution in [0.25, 0.3) is 0 Å². The van der Waals surface area contributed by atoms with Crippen LogP contribution in [0.5, 0.6) is 0 Å². The Labute approximate surface area is 176 Å². The third kappa shape index (κ3) is 6.18. The molecule has 10 heteroatoms. The fraction of sp³-hybridized carbons (Fsp3) is 0.350. The van der Waals surface area contributed by atoms with Crippen molar-refractivity contribution in [3.63, 3.8) is 0 Å². The van der Waals surface area contributed by atoms with Gasteiger partial charge in [0.25, 0.3) is 5.69 Å². The van der Waals surface area contributed by atoms with Crippen molar-refractivity contribution in [2.45, 2.75) is 19.4 Å². The Bertz CT molecular complexity index is 982. The first-order valence-electron chi connectivity index (χ1n) is 9.39. The number of para-hydroxylation sites is 1. The number of nitro groups is 1. The fourth-order valence-electron chi connectivity index (χ4n) is 3.04. The molecule has 0 saturated heterocycles. The third-order valence-corrected chi connectivity index (χ3v) is 5.79. The summed E-state index contributed by atoms with van der Waals surface area (Å²) in [7, 11) is -1.89. The summed E-state index contributed by atoms with van der Waals surface area (Å²) < 4.78 is 25.5. The van der Waals surface area contributed by atoms with Crippen molar-refractivity contribution in [3.05, 3.63) is 64.7 Å². The molecular formula is C20H26N4O5S. The van der Waals surface area contributed by atoms with E-state index in [4.69, 9.17) is 0 Å².